The fourth-order valence-electron chi connectivity index (χ4n) is 3.48. The molecule has 1 saturated carbocycles. The lowest BCUT2D eigenvalue weighted by atomic mass is 9.81. The van der Waals surface area contributed by atoms with Gasteiger partial charge in [-0.05, 0) is 45.1 Å². The predicted octanol–water partition coefficient (Wildman–Crippen LogP) is 3.59. The smallest absolute Gasteiger partial charge is 0.407 e. The maximum absolute atomic E-state index is 11.7. The first-order valence-electron chi connectivity index (χ1n) is 12.9. The van der Waals surface area contributed by atoms with Gasteiger partial charge in [-0.25, -0.2) is 4.79 Å². The molecule has 9 nitrogen and oxygen atoms in total. The average Bonchev–Trinajstić information content (AvgIpc) is 2.81. The lowest BCUT2D eigenvalue weighted by molar-refractivity contribution is -0.0224. The van der Waals surface area contributed by atoms with Crippen LogP contribution in [-0.2, 0) is 39.8 Å². The molecule has 1 fully saturated rings. The lowest BCUT2D eigenvalue weighted by Crippen LogP contribution is -2.47. The van der Waals surface area contributed by atoms with E-state index in [1.807, 2.05) is 51.1 Å². The minimum Gasteiger partial charge on any atom is -0.444 e. The van der Waals surface area contributed by atoms with Crippen LogP contribution in [0.25, 0.3) is 0 Å². The summed E-state index contributed by atoms with van der Waals surface area (Å²) in [5.74, 6) is 0.478. The number of amides is 1. The normalized spacial score (nSPS) is 17.5. The first-order valence-corrected chi connectivity index (χ1v) is 12.9. The number of hydrogen-bond acceptors (Lipinski definition) is 8. The van der Waals surface area contributed by atoms with Crippen molar-refractivity contribution in [2.24, 2.45) is 5.92 Å². The first kappa shape index (κ1) is 30.5. The third kappa shape index (κ3) is 16.1. The van der Waals surface area contributed by atoms with Crippen molar-refractivity contribution in [2.75, 3.05) is 72.7 Å². The Morgan fingerprint density at radius 1 is 0.750 bits per heavy atom. The lowest BCUT2D eigenvalue weighted by Gasteiger charge is -2.35. The Morgan fingerprint density at radius 3 is 1.72 bits per heavy atom. The highest BCUT2D eigenvalue weighted by Gasteiger charge is 2.31. The number of carbonyl (C=O) groups is 1. The van der Waals surface area contributed by atoms with E-state index in [1.54, 1.807) is 0 Å². The summed E-state index contributed by atoms with van der Waals surface area (Å²) in [6.45, 7) is 12.3. The number of alkyl carbamates (subject to hydrolysis) is 1. The number of nitrogens with one attached hydrogen (secondary N) is 1. The van der Waals surface area contributed by atoms with Crippen LogP contribution in [0.1, 0.15) is 39.2 Å². The molecular formula is C27H45NO8. The third-order valence-corrected chi connectivity index (χ3v) is 5.28. The van der Waals surface area contributed by atoms with Crippen molar-refractivity contribution in [2.45, 2.75) is 51.9 Å². The highest BCUT2D eigenvalue weighted by molar-refractivity contribution is 5.68. The van der Waals surface area contributed by atoms with Gasteiger partial charge in [0.2, 0.25) is 0 Å². The van der Waals surface area contributed by atoms with Crippen molar-refractivity contribution in [3.8, 4) is 0 Å². The molecule has 1 N–H and O–H groups in total. The van der Waals surface area contributed by atoms with Crippen molar-refractivity contribution in [1.29, 1.82) is 0 Å². The standard InChI is InChI=1S/C27H45NO8/c1-27(2,3)36-26(29)28-25-19-24(20-25)22-35-18-16-33-14-12-31-10-9-30-11-13-32-15-17-34-21-23-7-5-4-6-8-23/h4-8,24-25H,9-22H2,1-3H3,(H,28,29). The zero-order chi connectivity index (χ0) is 25.9. The Kier molecular flexibility index (Phi) is 15.6. The van der Waals surface area contributed by atoms with Crippen LogP contribution in [0.15, 0.2) is 30.3 Å². The maximum atomic E-state index is 11.7. The summed E-state index contributed by atoms with van der Waals surface area (Å²) >= 11 is 0. The Morgan fingerprint density at radius 2 is 1.22 bits per heavy atom. The van der Waals surface area contributed by atoms with Crippen molar-refractivity contribution in [3.63, 3.8) is 0 Å². The minimum atomic E-state index is -0.468. The molecule has 0 saturated heterocycles. The summed E-state index contributed by atoms with van der Waals surface area (Å²) in [7, 11) is 0. The highest BCUT2D eigenvalue weighted by Crippen LogP contribution is 2.27. The van der Waals surface area contributed by atoms with Crippen LogP contribution in [0.4, 0.5) is 4.79 Å². The summed E-state index contributed by atoms with van der Waals surface area (Å²) in [6.07, 6.45) is 1.50. The van der Waals surface area contributed by atoms with Gasteiger partial charge in [-0.1, -0.05) is 30.3 Å². The Hall–Kier alpha value is -1.75. The van der Waals surface area contributed by atoms with E-state index in [-0.39, 0.29) is 12.1 Å². The largest absolute Gasteiger partial charge is 0.444 e. The fraction of sp³-hybridized carbons (Fsp3) is 0.741. The Balaban J connectivity index is 1.23. The van der Waals surface area contributed by atoms with Gasteiger partial charge in [-0.2, -0.15) is 0 Å². The molecular weight excluding hydrogens is 466 g/mol. The monoisotopic (exact) mass is 511 g/mol. The van der Waals surface area contributed by atoms with E-state index in [0.717, 1.165) is 18.4 Å². The van der Waals surface area contributed by atoms with Crippen LogP contribution in [0, 0.1) is 5.92 Å². The van der Waals surface area contributed by atoms with Gasteiger partial charge in [0.1, 0.15) is 5.60 Å². The van der Waals surface area contributed by atoms with Crippen molar-refractivity contribution < 1.29 is 38.0 Å². The van der Waals surface area contributed by atoms with E-state index in [0.29, 0.717) is 85.2 Å². The molecule has 0 aromatic heterocycles. The van der Waals surface area contributed by atoms with Crippen LogP contribution in [-0.4, -0.2) is 90.4 Å². The van der Waals surface area contributed by atoms with E-state index in [2.05, 4.69) is 5.32 Å². The molecule has 0 heterocycles. The van der Waals surface area contributed by atoms with Gasteiger partial charge in [0.05, 0.1) is 72.7 Å². The van der Waals surface area contributed by atoms with E-state index in [4.69, 9.17) is 33.2 Å². The van der Waals surface area contributed by atoms with Gasteiger partial charge in [-0.3, -0.25) is 0 Å². The Labute approximate surface area is 216 Å². The molecule has 206 valence electrons. The molecule has 0 aliphatic heterocycles. The number of rotatable bonds is 20. The zero-order valence-electron chi connectivity index (χ0n) is 22.2. The average molecular weight is 512 g/mol. The van der Waals surface area contributed by atoms with Crippen LogP contribution in [0.2, 0.25) is 0 Å². The molecule has 0 unspecified atom stereocenters. The molecule has 0 bridgehead atoms. The van der Waals surface area contributed by atoms with Gasteiger partial charge in [0, 0.05) is 12.6 Å². The molecule has 1 aliphatic carbocycles. The maximum Gasteiger partial charge on any atom is 0.407 e. The molecule has 1 aliphatic rings. The SMILES string of the molecule is CC(C)(C)OC(=O)NC1CC(COCCOCCOCCOCCOCCOCc2ccccc2)C1. The predicted molar refractivity (Wildman–Crippen MR) is 136 cm³/mol. The highest BCUT2D eigenvalue weighted by atomic mass is 16.6. The number of hydrogen-bond donors (Lipinski definition) is 1. The van der Waals surface area contributed by atoms with Gasteiger partial charge < -0.3 is 38.5 Å². The molecule has 1 aromatic carbocycles. The van der Waals surface area contributed by atoms with Crippen LogP contribution >= 0.6 is 0 Å². The van der Waals surface area contributed by atoms with Gasteiger partial charge >= 0.3 is 6.09 Å². The number of benzene rings is 1. The minimum absolute atomic E-state index is 0.183. The summed E-state index contributed by atoms with van der Waals surface area (Å²) in [5.41, 5.74) is 0.693. The quantitative estimate of drug-likeness (QED) is 0.266. The molecule has 0 atom stereocenters. The molecule has 9 heteroatoms. The van der Waals surface area contributed by atoms with Gasteiger partial charge in [0.15, 0.2) is 0 Å². The molecule has 2 rings (SSSR count). The molecule has 1 aromatic rings. The summed E-state index contributed by atoms with van der Waals surface area (Å²) in [5, 5.41) is 2.89. The second kappa shape index (κ2) is 18.5. The third-order valence-electron chi connectivity index (χ3n) is 5.28. The van der Waals surface area contributed by atoms with Gasteiger partial charge in [-0.15, -0.1) is 0 Å². The summed E-state index contributed by atoms with van der Waals surface area (Å²) < 4.78 is 38.4. The molecule has 1 amide bonds. The van der Waals surface area contributed by atoms with Crippen LogP contribution in [0.3, 0.4) is 0 Å². The number of ether oxygens (including phenoxy) is 7. The first-order chi connectivity index (χ1) is 17.4. The van der Waals surface area contributed by atoms with Crippen molar-refractivity contribution in [3.05, 3.63) is 35.9 Å². The molecule has 36 heavy (non-hydrogen) atoms. The second-order valence-electron chi connectivity index (χ2n) is 9.74. The zero-order valence-corrected chi connectivity index (χ0v) is 22.2. The fourth-order valence-corrected chi connectivity index (χ4v) is 3.48. The second-order valence-corrected chi connectivity index (χ2v) is 9.74. The summed E-state index contributed by atoms with van der Waals surface area (Å²) in [6, 6.07) is 10.3. The van der Waals surface area contributed by atoms with E-state index in [1.165, 1.54) is 0 Å². The molecule has 0 spiro atoms. The van der Waals surface area contributed by atoms with E-state index < -0.39 is 5.60 Å². The topological polar surface area (TPSA) is 93.7 Å². The van der Waals surface area contributed by atoms with Crippen molar-refractivity contribution in [1.82, 2.24) is 5.32 Å². The van der Waals surface area contributed by atoms with Crippen LogP contribution in [0.5, 0.6) is 0 Å². The van der Waals surface area contributed by atoms with E-state index in [9.17, 15) is 4.79 Å². The molecule has 0 radical (unpaired) electrons. The number of carbonyl (C=O) groups excluding carboxylic acids is 1. The van der Waals surface area contributed by atoms with Crippen LogP contribution < -0.4 is 5.32 Å². The van der Waals surface area contributed by atoms with Gasteiger partial charge in [0.25, 0.3) is 0 Å². The Bertz CT molecular complexity index is 676. The van der Waals surface area contributed by atoms with Crippen molar-refractivity contribution >= 4 is 6.09 Å². The van der Waals surface area contributed by atoms with E-state index >= 15 is 0 Å². The summed E-state index contributed by atoms with van der Waals surface area (Å²) in [4.78, 5) is 11.7.